The summed E-state index contributed by atoms with van der Waals surface area (Å²) in [5.74, 6) is 1.41. The minimum atomic E-state index is 0.125. The van der Waals surface area contributed by atoms with Crippen LogP contribution in [-0.4, -0.2) is 33.6 Å². The summed E-state index contributed by atoms with van der Waals surface area (Å²) in [6, 6.07) is 1.83. The van der Waals surface area contributed by atoms with E-state index in [2.05, 4.69) is 35.4 Å². The molecule has 0 radical (unpaired) electrons. The minimum Gasteiger partial charge on any atom is -0.475 e. The molecule has 96 valence electrons. The van der Waals surface area contributed by atoms with Crippen molar-refractivity contribution >= 4 is 17.6 Å². The van der Waals surface area contributed by atoms with Crippen LogP contribution in [0.4, 0.5) is 5.82 Å². The second-order valence-electron chi connectivity index (χ2n) is 4.73. The lowest BCUT2D eigenvalue weighted by Crippen LogP contribution is -2.26. The topological polar surface area (TPSA) is 47.0 Å². The highest BCUT2D eigenvalue weighted by Gasteiger charge is 2.15. The van der Waals surface area contributed by atoms with Gasteiger partial charge < -0.3 is 10.1 Å². The molecule has 0 aliphatic carbocycles. The maximum Gasteiger partial charge on any atom is 0.218 e. The quantitative estimate of drug-likeness (QED) is 0.847. The van der Waals surface area contributed by atoms with Gasteiger partial charge in [0.2, 0.25) is 5.88 Å². The van der Waals surface area contributed by atoms with Crippen molar-refractivity contribution in [3.8, 4) is 5.88 Å². The van der Waals surface area contributed by atoms with Gasteiger partial charge in [-0.25, -0.2) is 9.97 Å². The van der Waals surface area contributed by atoms with Crippen molar-refractivity contribution in [1.82, 2.24) is 9.97 Å². The molecule has 1 N–H and O–H groups in total. The highest BCUT2D eigenvalue weighted by molar-refractivity contribution is 7.99. The predicted octanol–water partition coefficient (Wildman–Crippen LogP) is 2.82. The number of rotatable bonds is 6. The standard InChI is InChI=1S/C12H21N3OS/c1-9(2)16-11-6-10(14-8-15-11)13-7-12(3,4)17-5/h6,8-9H,7H2,1-5H3,(H,13,14,15). The van der Waals surface area contributed by atoms with E-state index in [1.165, 1.54) is 6.33 Å². The molecule has 1 rings (SSSR count). The number of nitrogens with one attached hydrogen (secondary N) is 1. The Kier molecular flexibility index (Phi) is 5.05. The summed E-state index contributed by atoms with van der Waals surface area (Å²) in [5.41, 5.74) is 0. The number of thioether (sulfide) groups is 1. The van der Waals surface area contributed by atoms with Gasteiger partial charge in [-0.2, -0.15) is 11.8 Å². The molecule has 0 aliphatic rings. The zero-order valence-electron chi connectivity index (χ0n) is 11.2. The van der Waals surface area contributed by atoms with Gasteiger partial charge >= 0.3 is 0 Å². The van der Waals surface area contributed by atoms with Crippen molar-refractivity contribution in [1.29, 1.82) is 0 Å². The van der Waals surface area contributed by atoms with Gasteiger partial charge in [-0.05, 0) is 34.0 Å². The molecule has 1 aromatic rings. The van der Waals surface area contributed by atoms with Crippen LogP contribution in [0.25, 0.3) is 0 Å². The molecule has 0 bridgehead atoms. The van der Waals surface area contributed by atoms with Crippen LogP contribution in [-0.2, 0) is 0 Å². The molecule has 0 aliphatic heterocycles. The Morgan fingerprint density at radius 3 is 2.71 bits per heavy atom. The van der Waals surface area contributed by atoms with E-state index in [0.717, 1.165) is 12.4 Å². The van der Waals surface area contributed by atoms with E-state index in [0.29, 0.717) is 5.88 Å². The maximum absolute atomic E-state index is 5.52. The summed E-state index contributed by atoms with van der Waals surface area (Å²) in [5, 5.41) is 3.30. The molecule has 4 nitrogen and oxygen atoms in total. The molecular weight excluding hydrogens is 234 g/mol. The van der Waals surface area contributed by atoms with E-state index in [4.69, 9.17) is 4.74 Å². The van der Waals surface area contributed by atoms with E-state index >= 15 is 0 Å². The number of nitrogens with zero attached hydrogens (tertiary/aromatic N) is 2. The van der Waals surface area contributed by atoms with Gasteiger partial charge in [-0.3, -0.25) is 0 Å². The van der Waals surface area contributed by atoms with Crippen LogP contribution in [0, 0.1) is 0 Å². The van der Waals surface area contributed by atoms with Crippen molar-refractivity contribution in [2.75, 3.05) is 18.1 Å². The molecule has 1 aromatic heterocycles. The molecule has 17 heavy (non-hydrogen) atoms. The fourth-order valence-electron chi connectivity index (χ4n) is 1.12. The molecule has 0 spiro atoms. The number of ether oxygens (including phenoxy) is 1. The lowest BCUT2D eigenvalue weighted by atomic mass is 10.2. The van der Waals surface area contributed by atoms with Crippen molar-refractivity contribution in [3.63, 3.8) is 0 Å². The molecule has 0 aromatic carbocycles. The van der Waals surface area contributed by atoms with Crippen molar-refractivity contribution in [3.05, 3.63) is 12.4 Å². The number of hydrogen-bond donors (Lipinski definition) is 1. The van der Waals surface area contributed by atoms with Crippen molar-refractivity contribution < 1.29 is 4.74 Å². The molecule has 0 saturated carbocycles. The summed E-state index contributed by atoms with van der Waals surface area (Å²) >= 11 is 1.82. The maximum atomic E-state index is 5.52. The summed E-state index contributed by atoms with van der Waals surface area (Å²) in [4.78, 5) is 8.24. The molecular formula is C12H21N3OS. The SMILES string of the molecule is CSC(C)(C)CNc1cc(OC(C)C)ncn1. The van der Waals surface area contributed by atoms with Gasteiger partial charge in [-0.15, -0.1) is 0 Å². The van der Waals surface area contributed by atoms with Gasteiger partial charge in [0.25, 0.3) is 0 Å². The fraction of sp³-hybridized carbons (Fsp3) is 0.667. The Morgan fingerprint density at radius 2 is 2.12 bits per heavy atom. The van der Waals surface area contributed by atoms with Crippen LogP contribution < -0.4 is 10.1 Å². The molecule has 1 heterocycles. The zero-order valence-corrected chi connectivity index (χ0v) is 12.0. The highest BCUT2D eigenvalue weighted by atomic mass is 32.2. The third-order valence-electron chi connectivity index (χ3n) is 2.25. The predicted molar refractivity (Wildman–Crippen MR) is 73.9 cm³/mol. The van der Waals surface area contributed by atoms with Gasteiger partial charge in [0.05, 0.1) is 6.10 Å². The smallest absolute Gasteiger partial charge is 0.218 e. The average molecular weight is 255 g/mol. The van der Waals surface area contributed by atoms with Crippen molar-refractivity contribution in [2.24, 2.45) is 0 Å². The number of anilines is 1. The molecule has 5 heteroatoms. The first-order valence-electron chi connectivity index (χ1n) is 5.70. The van der Waals surface area contributed by atoms with E-state index in [-0.39, 0.29) is 10.9 Å². The number of aromatic nitrogens is 2. The Hall–Kier alpha value is -0.970. The zero-order chi connectivity index (χ0) is 12.9. The summed E-state index contributed by atoms with van der Waals surface area (Å²) in [6.07, 6.45) is 3.75. The Balaban J connectivity index is 2.60. The molecule has 0 fully saturated rings. The Morgan fingerprint density at radius 1 is 1.41 bits per heavy atom. The van der Waals surface area contributed by atoms with Crippen LogP contribution in [0.2, 0.25) is 0 Å². The normalized spacial score (nSPS) is 11.6. The van der Waals surface area contributed by atoms with Gasteiger partial charge in [-0.1, -0.05) is 0 Å². The van der Waals surface area contributed by atoms with E-state index in [9.17, 15) is 0 Å². The van der Waals surface area contributed by atoms with Crippen LogP contribution >= 0.6 is 11.8 Å². The second-order valence-corrected chi connectivity index (χ2v) is 6.24. The summed E-state index contributed by atoms with van der Waals surface area (Å²) in [7, 11) is 0. The van der Waals surface area contributed by atoms with Gasteiger partial charge in [0.15, 0.2) is 0 Å². The molecule has 0 saturated heterocycles. The first kappa shape index (κ1) is 14.1. The van der Waals surface area contributed by atoms with Crippen molar-refractivity contribution in [2.45, 2.75) is 38.5 Å². The summed E-state index contributed by atoms with van der Waals surface area (Å²) < 4.78 is 5.70. The van der Waals surface area contributed by atoms with E-state index in [1.54, 1.807) is 0 Å². The first-order chi connectivity index (χ1) is 7.93. The molecule has 0 atom stereocenters. The largest absolute Gasteiger partial charge is 0.475 e. The van der Waals surface area contributed by atoms with Crippen LogP contribution in [0.1, 0.15) is 27.7 Å². The average Bonchev–Trinajstić information content (AvgIpc) is 2.26. The Bertz CT molecular complexity index is 355. The highest BCUT2D eigenvalue weighted by Crippen LogP contribution is 2.22. The van der Waals surface area contributed by atoms with E-state index < -0.39 is 0 Å². The molecule has 0 unspecified atom stereocenters. The lowest BCUT2D eigenvalue weighted by molar-refractivity contribution is 0.232. The van der Waals surface area contributed by atoms with Crippen LogP contribution in [0.15, 0.2) is 12.4 Å². The van der Waals surface area contributed by atoms with Gasteiger partial charge in [0, 0.05) is 17.4 Å². The van der Waals surface area contributed by atoms with Gasteiger partial charge in [0.1, 0.15) is 12.1 Å². The summed E-state index contributed by atoms with van der Waals surface area (Å²) in [6.45, 7) is 9.19. The minimum absolute atomic E-state index is 0.125. The molecule has 0 amide bonds. The van der Waals surface area contributed by atoms with E-state index in [1.807, 2.05) is 31.7 Å². The second kappa shape index (κ2) is 6.10. The first-order valence-corrected chi connectivity index (χ1v) is 6.93. The third kappa shape index (κ3) is 5.26. The fourth-order valence-corrected chi connectivity index (χ4v) is 1.33. The van der Waals surface area contributed by atoms with Crippen LogP contribution in [0.5, 0.6) is 5.88 Å². The third-order valence-corrected chi connectivity index (χ3v) is 3.50. The Labute approximate surface area is 108 Å². The lowest BCUT2D eigenvalue weighted by Gasteiger charge is -2.22. The van der Waals surface area contributed by atoms with Crippen LogP contribution in [0.3, 0.4) is 0 Å². The monoisotopic (exact) mass is 255 g/mol. The number of hydrogen-bond acceptors (Lipinski definition) is 5.